The molecule has 0 spiro atoms. The maximum absolute atomic E-state index is 12.6. The second-order valence-electron chi connectivity index (χ2n) is 5.07. The SMILES string of the molecule is Cc1ccc(C(F)(F)F)cc1NC(=O)CC1CCCN1. The van der Waals surface area contributed by atoms with E-state index in [4.69, 9.17) is 0 Å². The van der Waals surface area contributed by atoms with E-state index in [0.29, 0.717) is 5.56 Å². The fourth-order valence-electron chi connectivity index (χ4n) is 2.29. The molecule has 1 aromatic rings. The minimum Gasteiger partial charge on any atom is -0.326 e. The number of hydrogen-bond acceptors (Lipinski definition) is 2. The van der Waals surface area contributed by atoms with Crippen molar-refractivity contribution in [2.45, 2.75) is 38.4 Å². The highest BCUT2D eigenvalue weighted by Crippen LogP contribution is 2.32. The lowest BCUT2D eigenvalue weighted by atomic mass is 10.1. The van der Waals surface area contributed by atoms with Crippen LogP contribution in [0.4, 0.5) is 18.9 Å². The number of alkyl halides is 3. The van der Waals surface area contributed by atoms with Gasteiger partial charge in [-0.3, -0.25) is 4.79 Å². The number of hydrogen-bond donors (Lipinski definition) is 2. The molecule has 0 radical (unpaired) electrons. The van der Waals surface area contributed by atoms with Gasteiger partial charge in [-0.2, -0.15) is 13.2 Å². The Hall–Kier alpha value is -1.56. The van der Waals surface area contributed by atoms with Gasteiger partial charge in [0, 0.05) is 18.2 Å². The van der Waals surface area contributed by atoms with Crippen LogP contribution in [0.5, 0.6) is 0 Å². The summed E-state index contributed by atoms with van der Waals surface area (Å²) in [5, 5.41) is 5.75. The third-order valence-electron chi connectivity index (χ3n) is 3.43. The molecular weight excluding hydrogens is 269 g/mol. The number of anilines is 1. The number of rotatable bonds is 3. The molecule has 1 aliphatic heterocycles. The average molecular weight is 286 g/mol. The number of nitrogens with one attached hydrogen (secondary N) is 2. The summed E-state index contributed by atoms with van der Waals surface area (Å²) in [6.07, 6.45) is -2.16. The Morgan fingerprint density at radius 3 is 2.80 bits per heavy atom. The van der Waals surface area contributed by atoms with Gasteiger partial charge in [0.05, 0.1) is 5.56 Å². The fourth-order valence-corrected chi connectivity index (χ4v) is 2.29. The molecule has 1 aromatic carbocycles. The molecule has 1 aliphatic rings. The molecule has 2 N–H and O–H groups in total. The van der Waals surface area contributed by atoms with Crippen molar-refractivity contribution in [1.29, 1.82) is 0 Å². The third-order valence-corrected chi connectivity index (χ3v) is 3.43. The lowest BCUT2D eigenvalue weighted by Gasteiger charge is -2.14. The summed E-state index contributed by atoms with van der Waals surface area (Å²) in [4.78, 5) is 11.8. The van der Waals surface area contributed by atoms with Crippen LogP contribution < -0.4 is 10.6 Å². The molecule has 1 atom stereocenters. The molecule has 1 fully saturated rings. The molecule has 110 valence electrons. The Kier molecular flexibility index (Phi) is 4.32. The van der Waals surface area contributed by atoms with E-state index >= 15 is 0 Å². The summed E-state index contributed by atoms with van der Waals surface area (Å²) >= 11 is 0. The number of carbonyl (C=O) groups excluding carboxylic acids is 1. The van der Waals surface area contributed by atoms with Crippen molar-refractivity contribution >= 4 is 11.6 Å². The summed E-state index contributed by atoms with van der Waals surface area (Å²) in [7, 11) is 0. The maximum Gasteiger partial charge on any atom is 0.416 e. The normalized spacial score (nSPS) is 19.1. The Bertz CT molecular complexity index is 494. The van der Waals surface area contributed by atoms with Crippen molar-refractivity contribution in [2.75, 3.05) is 11.9 Å². The summed E-state index contributed by atoms with van der Waals surface area (Å²) in [5.74, 6) is -0.258. The number of aryl methyl sites for hydroxylation is 1. The van der Waals surface area contributed by atoms with Crippen molar-refractivity contribution in [3.05, 3.63) is 29.3 Å². The number of halogens is 3. The molecule has 6 heteroatoms. The van der Waals surface area contributed by atoms with E-state index in [0.717, 1.165) is 31.5 Å². The zero-order chi connectivity index (χ0) is 14.8. The Balaban J connectivity index is 2.06. The van der Waals surface area contributed by atoms with E-state index in [2.05, 4.69) is 10.6 Å². The van der Waals surface area contributed by atoms with Crippen LogP contribution in [-0.4, -0.2) is 18.5 Å². The van der Waals surface area contributed by atoms with Crippen molar-refractivity contribution in [1.82, 2.24) is 5.32 Å². The second kappa shape index (κ2) is 5.83. The first kappa shape index (κ1) is 14.8. The highest BCUT2D eigenvalue weighted by Gasteiger charge is 2.31. The number of amides is 1. The average Bonchev–Trinajstić information content (AvgIpc) is 2.83. The lowest BCUT2D eigenvalue weighted by molar-refractivity contribution is -0.137. The summed E-state index contributed by atoms with van der Waals surface area (Å²) < 4.78 is 37.9. The Morgan fingerprint density at radius 1 is 1.45 bits per heavy atom. The largest absolute Gasteiger partial charge is 0.416 e. The first-order valence-corrected chi connectivity index (χ1v) is 6.57. The van der Waals surface area contributed by atoms with Crippen LogP contribution in [-0.2, 0) is 11.0 Å². The quantitative estimate of drug-likeness (QED) is 0.896. The molecule has 2 rings (SSSR count). The highest BCUT2D eigenvalue weighted by molar-refractivity contribution is 5.92. The minimum absolute atomic E-state index is 0.126. The minimum atomic E-state index is -4.40. The van der Waals surface area contributed by atoms with Gasteiger partial charge in [-0.25, -0.2) is 0 Å². The van der Waals surface area contributed by atoms with E-state index in [9.17, 15) is 18.0 Å². The summed E-state index contributed by atoms with van der Waals surface area (Å²) in [5.41, 5.74) is 0.0888. The second-order valence-corrected chi connectivity index (χ2v) is 5.07. The van der Waals surface area contributed by atoms with Gasteiger partial charge in [0.1, 0.15) is 0 Å². The van der Waals surface area contributed by atoms with Crippen LogP contribution in [0.15, 0.2) is 18.2 Å². The van der Waals surface area contributed by atoms with Crippen LogP contribution >= 0.6 is 0 Å². The van der Waals surface area contributed by atoms with Gasteiger partial charge >= 0.3 is 6.18 Å². The van der Waals surface area contributed by atoms with E-state index in [1.165, 1.54) is 6.07 Å². The van der Waals surface area contributed by atoms with Crippen LogP contribution in [0.3, 0.4) is 0 Å². The number of benzene rings is 1. The number of carbonyl (C=O) groups is 1. The van der Waals surface area contributed by atoms with Gasteiger partial charge in [0.15, 0.2) is 0 Å². The zero-order valence-electron chi connectivity index (χ0n) is 11.2. The van der Waals surface area contributed by atoms with E-state index in [-0.39, 0.29) is 24.1 Å². The Morgan fingerprint density at radius 2 is 2.20 bits per heavy atom. The van der Waals surface area contributed by atoms with Gasteiger partial charge in [-0.05, 0) is 44.0 Å². The predicted octanol–water partition coefficient (Wildman–Crippen LogP) is 3.09. The standard InChI is InChI=1S/C14H17F3N2O/c1-9-4-5-10(14(15,16)17)7-12(9)19-13(20)8-11-3-2-6-18-11/h4-5,7,11,18H,2-3,6,8H2,1H3,(H,19,20). The molecule has 1 heterocycles. The van der Waals surface area contributed by atoms with Gasteiger partial charge in [0.25, 0.3) is 0 Å². The fraction of sp³-hybridized carbons (Fsp3) is 0.500. The maximum atomic E-state index is 12.6. The van der Waals surface area contributed by atoms with Crippen LogP contribution in [0.1, 0.15) is 30.4 Å². The molecule has 0 aromatic heterocycles. The monoisotopic (exact) mass is 286 g/mol. The first-order chi connectivity index (χ1) is 9.36. The molecule has 1 saturated heterocycles. The lowest BCUT2D eigenvalue weighted by Crippen LogP contribution is -2.27. The van der Waals surface area contributed by atoms with Crippen LogP contribution in [0, 0.1) is 6.92 Å². The first-order valence-electron chi connectivity index (χ1n) is 6.57. The predicted molar refractivity (Wildman–Crippen MR) is 70.5 cm³/mol. The highest BCUT2D eigenvalue weighted by atomic mass is 19.4. The molecule has 20 heavy (non-hydrogen) atoms. The van der Waals surface area contributed by atoms with E-state index in [1.54, 1.807) is 6.92 Å². The summed E-state index contributed by atoms with van der Waals surface area (Å²) in [6.45, 7) is 2.56. The molecular formula is C14H17F3N2O. The van der Waals surface area contributed by atoms with Crippen LogP contribution in [0.2, 0.25) is 0 Å². The van der Waals surface area contributed by atoms with Gasteiger partial charge < -0.3 is 10.6 Å². The van der Waals surface area contributed by atoms with E-state index in [1.807, 2.05) is 0 Å². The smallest absolute Gasteiger partial charge is 0.326 e. The molecule has 1 unspecified atom stereocenters. The van der Waals surface area contributed by atoms with Gasteiger partial charge in [-0.1, -0.05) is 6.07 Å². The van der Waals surface area contributed by atoms with Crippen molar-refractivity contribution in [3.8, 4) is 0 Å². The topological polar surface area (TPSA) is 41.1 Å². The van der Waals surface area contributed by atoms with Gasteiger partial charge in [0.2, 0.25) is 5.91 Å². The molecule has 3 nitrogen and oxygen atoms in total. The third kappa shape index (κ3) is 3.72. The zero-order valence-corrected chi connectivity index (χ0v) is 11.2. The Labute approximate surface area is 115 Å². The summed E-state index contributed by atoms with van der Waals surface area (Å²) in [6, 6.07) is 3.49. The van der Waals surface area contributed by atoms with Crippen molar-refractivity contribution < 1.29 is 18.0 Å². The molecule has 1 amide bonds. The van der Waals surface area contributed by atoms with E-state index < -0.39 is 11.7 Å². The van der Waals surface area contributed by atoms with Gasteiger partial charge in [-0.15, -0.1) is 0 Å². The van der Waals surface area contributed by atoms with Crippen molar-refractivity contribution in [2.24, 2.45) is 0 Å². The molecule has 0 saturated carbocycles. The molecule has 0 aliphatic carbocycles. The van der Waals surface area contributed by atoms with Crippen LogP contribution in [0.25, 0.3) is 0 Å². The van der Waals surface area contributed by atoms with Crippen molar-refractivity contribution in [3.63, 3.8) is 0 Å². The molecule has 0 bridgehead atoms.